The lowest BCUT2D eigenvalue weighted by atomic mass is 10.1. The van der Waals surface area contributed by atoms with Crippen molar-refractivity contribution in [2.24, 2.45) is 4.99 Å². The zero-order valence-electron chi connectivity index (χ0n) is 18.7. The number of methoxy groups -OCH3 is 1. The molecule has 30 heavy (non-hydrogen) atoms. The number of halogens is 1. The molecule has 6 nitrogen and oxygen atoms in total. The molecule has 0 aromatic heterocycles. The second kappa shape index (κ2) is 14.1. The molecule has 0 atom stereocenters. The minimum atomic E-state index is 0. The number of aliphatic imine (C=N–C) groups is 1. The maximum absolute atomic E-state index is 5.96. The lowest BCUT2D eigenvalue weighted by Gasteiger charge is -2.16. The van der Waals surface area contributed by atoms with E-state index in [9.17, 15) is 0 Å². The Morgan fingerprint density at radius 2 is 1.70 bits per heavy atom. The van der Waals surface area contributed by atoms with Crippen molar-refractivity contribution >= 4 is 35.6 Å². The Bertz CT molecular complexity index is 779. The van der Waals surface area contributed by atoms with Gasteiger partial charge < -0.3 is 25.0 Å². The first-order valence-electron chi connectivity index (χ1n) is 9.95. The summed E-state index contributed by atoms with van der Waals surface area (Å²) in [6.45, 7) is 4.76. The lowest BCUT2D eigenvalue weighted by molar-refractivity contribution is 0.171. The van der Waals surface area contributed by atoms with Crippen molar-refractivity contribution in [2.45, 2.75) is 26.4 Å². The van der Waals surface area contributed by atoms with Crippen LogP contribution in [0.5, 0.6) is 5.75 Å². The third-order valence-electron chi connectivity index (χ3n) is 4.56. The van der Waals surface area contributed by atoms with Gasteiger partial charge in [-0.25, -0.2) is 0 Å². The predicted octanol–water partition coefficient (Wildman–Crippen LogP) is 3.96. The number of nitrogens with one attached hydrogen (secondary N) is 2. The average Bonchev–Trinajstić information content (AvgIpc) is 2.72. The van der Waals surface area contributed by atoms with E-state index in [4.69, 9.17) is 9.47 Å². The van der Waals surface area contributed by atoms with Gasteiger partial charge in [0.25, 0.3) is 0 Å². The molecule has 0 saturated heterocycles. The Labute approximate surface area is 198 Å². The Hall–Kier alpha value is -2.00. The van der Waals surface area contributed by atoms with Crippen LogP contribution in [0, 0.1) is 6.92 Å². The second-order valence-corrected chi connectivity index (χ2v) is 7.15. The molecule has 0 heterocycles. The van der Waals surface area contributed by atoms with Crippen molar-refractivity contribution in [3.05, 3.63) is 59.2 Å². The summed E-state index contributed by atoms with van der Waals surface area (Å²) in [4.78, 5) is 6.42. The quantitative estimate of drug-likeness (QED) is 0.213. The SMILES string of the molecule is CN=C(NCc1ccc(N(C)C)cc1)NCc1ccc(C)cc1OCCCOC.I. The Balaban J connectivity index is 0.00000450. The summed E-state index contributed by atoms with van der Waals surface area (Å²) in [5.41, 5.74) is 4.68. The second-order valence-electron chi connectivity index (χ2n) is 7.15. The fraction of sp³-hybridized carbons (Fsp3) is 0.435. The summed E-state index contributed by atoms with van der Waals surface area (Å²) < 4.78 is 11.1. The first-order valence-corrected chi connectivity index (χ1v) is 9.95. The van der Waals surface area contributed by atoms with Crippen molar-refractivity contribution in [1.82, 2.24) is 10.6 Å². The van der Waals surface area contributed by atoms with E-state index in [0.717, 1.165) is 23.7 Å². The smallest absolute Gasteiger partial charge is 0.191 e. The van der Waals surface area contributed by atoms with Crippen LogP contribution in [0.15, 0.2) is 47.5 Å². The number of ether oxygens (including phenoxy) is 2. The van der Waals surface area contributed by atoms with Gasteiger partial charge in [0.05, 0.1) is 6.61 Å². The highest BCUT2D eigenvalue weighted by molar-refractivity contribution is 14.0. The standard InChI is InChI=1S/C23H34N4O2.HI/c1-18-7-10-20(22(15-18)29-14-6-13-28-5)17-26-23(24-2)25-16-19-8-11-21(12-9-19)27(3)4;/h7-12,15H,6,13-14,16-17H2,1-5H3,(H2,24,25,26);1H. The van der Waals surface area contributed by atoms with Gasteiger partial charge in [0.15, 0.2) is 5.96 Å². The zero-order chi connectivity index (χ0) is 21.1. The zero-order valence-corrected chi connectivity index (χ0v) is 21.0. The van der Waals surface area contributed by atoms with Crippen LogP contribution in [0.2, 0.25) is 0 Å². The van der Waals surface area contributed by atoms with Crippen molar-refractivity contribution in [1.29, 1.82) is 0 Å². The average molecular weight is 526 g/mol. The summed E-state index contributed by atoms with van der Waals surface area (Å²) in [6, 6.07) is 14.8. The molecule has 0 aliphatic rings. The van der Waals surface area contributed by atoms with Gasteiger partial charge in [-0.15, -0.1) is 24.0 Å². The van der Waals surface area contributed by atoms with Crippen molar-refractivity contribution in [3.63, 3.8) is 0 Å². The van der Waals surface area contributed by atoms with Crippen LogP contribution < -0.4 is 20.3 Å². The van der Waals surface area contributed by atoms with Gasteiger partial charge in [0, 0.05) is 65.6 Å². The molecule has 7 heteroatoms. The monoisotopic (exact) mass is 526 g/mol. The highest BCUT2D eigenvalue weighted by Gasteiger charge is 2.06. The van der Waals surface area contributed by atoms with Gasteiger partial charge in [-0.1, -0.05) is 24.3 Å². The van der Waals surface area contributed by atoms with Gasteiger partial charge >= 0.3 is 0 Å². The van der Waals surface area contributed by atoms with E-state index in [-0.39, 0.29) is 24.0 Å². The first kappa shape index (κ1) is 26.0. The van der Waals surface area contributed by atoms with Gasteiger partial charge in [0.1, 0.15) is 5.75 Å². The maximum atomic E-state index is 5.96. The molecule has 0 aliphatic heterocycles. The third kappa shape index (κ3) is 8.79. The number of rotatable bonds is 10. The van der Waals surface area contributed by atoms with Gasteiger partial charge in [-0.05, 0) is 36.2 Å². The van der Waals surface area contributed by atoms with Crippen LogP contribution in [0.25, 0.3) is 0 Å². The van der Waals surface area contributed by atoms with Gasteiger partial charge in [-0.3, -0.25) is 4.99 Å². The van der Waals surface area contributed by atoms with E-state index in [1.54, 1.807) is 14.2 Å². The largest absolute Gasteiger partial charge is 0.493 e. The summed E-state index contributed by atoms with van der Waals surface area (Å²) >= 11 is 0. The Kier molecular flexibility index (Phi) is 12.2. The maximum Gasteiger partial charge on any atom is 0.191 e. The molecule has 0 fully saturated rings. The molecular weight excluding hydrogens is 491 g/mol. The minimum absolute atomic E-state index is 0. The van der Waals surface area contributed by atoms with Gasteiger partial charge in [0.2, 0.25) is 0 Å². The molecule has 2 aromatic carbocycles. The van der Waals surface area contributed by atoms with E-state index in [1.807, 2.05) is 14.1 Å². The van der Waals surface area contributed by atoms with E-state index in [2.05, 4.69) is 69.9 Å². The number of hydrogen-bond donors (Lipinski definition) is 2. The molecule has 0 unspecified atom stereocenters. The summed E-state index contributed by atoms with van der Waals surface area (Å²) in [5, 5.41) is 6.74. The highest BCUT2D eigenvalue weighted by Crippen LogP contribution is 2.20. The predicted molar refractivity (Wildman–Crippen MR) is 136 cm³/mol. The number of hydrogen-bond acceptors (Lipinski definition) is 4. The molecule has 2 aromatic rings. The molecule has 2 N–H and O–H groups in total. The first-order chi connectivity index (χ1) is 14.0. The Morgan fingerprint density at radius 1 is 1.00 bits per heavy atom. The van der Waals surface area contributed by atoms with Crippen LogP contribution in [-0.4, -0.2) is 47.4 Å². The van der Waals surface area contributed by atoms with Crippen LogP contribution >= 0.6 is 24.0 Å². The number of nitrogens with zero attached hydrogens (tertiary/aromatic N) is 2. The molecule has 2 rings (SSSR count). The third-order valence-corrected chi connectivity index (χ3v) is 4.56. The number of guanidine groups is 1. The fourth-order valence-electron chi connectivity index (χ4n) is 2.82. The fourth-order valence-corrected chi connectivity index (χ4v) is 2.82. The molecule has 0 saturated carbocycles. The Morgan fingerprint density at radius 3 is 2.33 bits per heavy atom. The summed E-state index contributed by atoms with van der Waals surface area (Å²) in [6.07, 6.45) is 0.868. The highest BCUT2D eigenvalue weighted by atomic mass is 127. The van der Waals surface area contributed by atoms with E-state index < -0.39 is 0 Å². The van der Waals surface area contributed by atoms with Crippen LogP contribution in [-0.2, 0) is 17.8 Å². The molecule has 166 valence electrons. The molecule has 0 radical (unpaired) electrons. The van der Waals surface area contributed by atoms with Crippen molar-refractivity contribution in [2.75, 3.05) is 46.4 Å². The molecule has 0 bridgehead atoms. The number of anilines is 1. The van der Waals surface area contributed by atoms with Crippen molar-refractivity contribution in [3.8, 4) is 5.75 Å². The number of benzene rings is 2. The lowest BCUT2D eigenvalue weighted by Crippen LogP contribution is -2.36. The van der Waals surface area contributed by atoms with Crippen LogP contribution in [0.1, 0.15) is 23.1 Å². The number of aryl methyl sites for hydroxylation is 1. The molecule has 0 spiro atoms. The summed E-state index contributed by atoms with van der Waals surface area (Å²) in [5.74, 6) is 1.66. The van der Waals surface area contributed by atoms with E-state index in [1.165, 1.54) is 16.8 Å². The van der Waals surface area contributed by atoms with Crippen LogP contribution in [0.4, 0.5) is 5.69 Å². The topological polar surface area (TPSA) is 58.1 Å². The van der Waals surface area contributed by atoms with Crippen molar-refractivity contribution < 1.29 is 9.47 Å². The molecule has 0 aliphatic carbocycles. The normalized spacial score (nSPS) is 10.9. The van der Waals surface area contributed by atoms with Crippen LogP contribution in [0.3, 0.4) is 0 Å². The minimum Gasteiger partial charge on any atom is -0.493 e. The molecule has 0 amide bonds. The van der Waals surface area contributed by atoms with E-state index in [0.29, 0.717) is 26.3 Å². The van der Waals surface area contributed by atoms with E-state index >= 15 is 0 Å². The van der Waals surface area contributed by atoms with Gasteiger partial charge in [-0.2, -0.15) is 0 Å². The summed E-state index contributed by atoms with van der Waals surface area (Å²) in [7, 11) is 7.57. The molecular formula is C23H35IN4O2.